The molecule has 0 bridgehead atoms. The van der Waals surface area contributed by atoms with Crippen molar-refractivity contribution in [2.75, 3.05) is 29.6 Å². The Morgan fingerprint density at radius 2 is 1.74 bits per heavy atom. The molecule has 0 saturated heterocycles. The van der Waals surface area contributed by atoms with Crippen LogP contribution in [0.3, 0.4) is 0 Å². The van der Waals surface area contributed by atoms with E-state index in [0.717, 1.165) is 16.9 Å². The number of aromatic nitrogens is 2. The van der Waals surface area contributed by atoms with Gasteiger partial charge in [-0.15, -0.1) is 0 Å². The first-order valence-corrected chi connectivity index (χ1v) is 7.19. The highest BCUT2D eigenvalue weighted by Crippen LogP contribution is 2.21. The van der Waals surface area contributed by atoms with E-state index in [1.807, 2.05) is 45.0 Å². The Kier molecular flexibility index (Phi) is 4.68. The summed E-state index contributed by atoms with van der Waals surface area (Å²) < 4.78 is 1.51. The van der Waals surface area contributed by atoms with E-state index >= 15 is 0 Å². The first-order chi connectivity index (χ1) is 10.8. The van der Waals surface area contributed by atoms with E-state index in [0.29, 0.717) is 11.5 Å². The van der Waals surface area contributed by atoms with E-state index in [1.54, 1.807) is 19.2 Å². The van der Waals surface area contributed by atoms with Gasteiger partial charge >= 0.3 is 11.8 Å². The Balaban J connectivity index is 2.05. The maximum absolute atomic E-state index is 12.0. The van der Waals surface area contributed by atoms with Gasteiger partial charge in [-0.3, -0.25) is 14.3 Å². The van der Waals surface area contributed by atoms with E-state index in [2.05, 4.69) is 15.7 Å². The minimum Gasteiger partial charge on any atom is -0.377 e. The van der Waals surface area contributed by atoms with Crippen molar-refractivity contribution >= 4 is 29.0 Å². The van der Waals surface area contributed by atoms with Gasteiger partial charge in [-0.2, -0.15) is 5.10 Å². The fourth-order valence-corrected chi connectivity index (χ4v) is 2.32. The quantitative estimate of drug-likeness (QED) is 0.845. The molecule has 2 aromatic rings. The number of benzene rings is 1. The van der Waals surface area contributed by atoms with Crippen LogP contribution in [0, 0.1) is 13.8 Å². The van der Waals surface area contributed by atoms with Crippen LogP contribution in [0.2, 0.25) is 0 Å². The lowest BCUT2D eigenvalue weighted by molar-refractivity contribution is -0.133. The summed E-state index contributed by atoms with van der Waals surface area (Å²) in [5, 5.41) is 9.24. The van der Waals surface area contributed by atoms with Crippen LogP contribution in [0.1, 0.15) is 11.3 Å². The van der Waals surface area contributed by atoms with Crippen molar-refractivity contribution in [3.8, 4) is 0 Å². The molecule has 0 aliphatic rings. The van der Waals surface area contributed by atoms with Crippen molar-refractivity contribution in [1.82, 2.24) is 9.78 Å². The average molecular weight is 315 g/mol. The van der Waals surface area contributed by atoms with E-state index in [9.17, 15) is 9.59 Å². The molecule has 0 aliphatic heterocycles. The minimum absolute atomic E-state index is 0.474. The van der Waals surface area contributed by atoms with Gasteiger partial charge in [0.15, 0.2) is 0 Å². The lowest BCUT2D eigenvalue weighted by Gasteiger charge is -2.16. The number of carbonyl (C=O) groups excluding carboxylic acids is 2. The van der Waals surface area contributed by atoms with Gasteiger partial charge < -0.3 is 15.5 Å². The zero-order valence-corrected chi connectivity index (χ0v) is 14.0. The fraction of sp³-hybridized carbons (Fsp3) is 0.312. The first-order valence-electron chi connectivity index (χ1n) is 7.19. The fourth-order valence-electron chi connectivity index (χ4n) is 2.32. The number of hydrogen-bond donors (Lipinski definition) is 2. The third kappa shape index (κ3) is 3.88. The molecule has 1 heterocycles. The van der Waals surface area contributed by atoms with Gasteiger partial charge in [0.05, 0.1) is 5.69 Å². The molecule has 0 saturated carbocycles. The number of anilines is 3. The van der Waals surface area contributed by atoms with Crippen molar-refractivity contribution in [3.63, 3.8) is 0 Å². The molecule has 1 aromatic heterocycles. The highest BCUT2D eigenvalue weighted by molar-refractivity contribution is 6.43. The third-order valence-electron chi connectivity index (χ3n) is 3.39. The zero-order chi connectivity index (χ0) is 17.1. The summed E-state index contributed by atoms with van der Waals surface area (Å²) in [6.45, 7) is 3.76. The Hall–Kier alpha value is -2.83. The van der Waals surface area contributed by atoms with Crippen molar-refractivity contribution in [1.29, 1.82) is 0 Å². The zero-order valence-electron chi connectivity index (χ0n) is 14.0. The largest absolute Gasteiger partial charge is 0.377 e. The topological polar surface area (TPSA) is 79.3 Å². The maximum Gasteiger partial charge on any atom is 0.315 e. The van der Waals surface area contributed by atoms with Crippen LogP contribution in [0.15, 0.2) is 24.3 Å². The second kappa shape index (κ2) is 6.51. The lowest BCUT2D eigenvalue weighted by atomic mass is 10.1. The van der Waals surface area contributed by atoms with E-state index in [4.69, 9.17) is 0 Å². The smallest absolute Gasteiger partial charge is 0.315 e. The highest BCUT2D eigenvalue weighted by Gasteiger charge is 2.16. The van der Waals surface area contributed by atoms with Gasteiger partial charge in [0, 0.05) is 38.6 Å². The summed E-state index contributed by atoms with van der Waals surface area (Å²) in [5.41, 5.74) is 3.40. The number of nitrogens with zero attached hydrogens (tertiary/aromatic N) is 3. The molecule has 0 spiro atoms. The van der Waals surface area contributed by atoms with Gasteiger partial charge in [-0.25, -0.2) is 0 Å². The second-order valence-corrected chi connectivity index (χ2v) is 5.60. The number of amides is 2. The Morgan fingerprint density at radius 1 is 1.09 bits per heavy atom. The lowest BCUT2D eigenvalue weighted by Crippen LogP contribution is -2.29. The Labute approximate surface area is 135 Å². The summed E-state index contributed by atoms with van der Waals surface area (Å²) in [4.78, 5) is 26.0. The molecule has 23 heavy (non-hydrogen) atoms. The number of hydrogen-bond acceptors (Lipinski definition) is 4. The highest BCUT2D eigenvalue weighted by atomic mass is 16.2. The van der Waals surface area contributed by atoms with Crippen molar-refractivity contribution < 1.29 is 9.59 Å². The van der Waals surface area contributed by atoms with Gasteiger partial charge in [0.2, 0.25) is 0 Å². The summed E-state index contributed by atoms with van der Waals surface area (Å²) in [7, 11) is 5.59. The van der Waals surface area contributed by atoms with Crippen LogP contribution >= 0.6 is 0 Å². The number of rotatable bonds is 3. The Bertz CT molecular complexity index is 749. The second-order valence-electron chi connectivity index (χ2n) is 5.60. The number of nitrogens with one attached hydrogen (secondary N) is 2. The molecule has 122 valence electrons. The van der Waals surface area contributed by atoms with Crippen LogP contribution in [0.4, 0.5) is 17.2 Å². The molecule has 2 amide bonds. The van der Waals surface area contributed by atoms with Crippen molar-refractivity contribution in [2.45, 2.75) is 13.8 Å². The molecule has 2 N–H and O–H groups in total. The standard InChI is InChI=1S/C16H21N5O2/c1-10-8-12(6-7-13(10)20(3)4)17-15(22)16(23)18-14-9-11(2)19-21(14)5/h6-9H,1-5H3,(H,17,22)(H,18,23). The summed E-state index contributed by atoms with van der Waals surface area (Å²) in [6.07, 6.45) is 0. The average Bonchev–Trinajstić information content (AvgIpc) is 2.76. The first kappa shape index (κ1) is 16.5. The molecule has 7 heteroatoms. The predicted octanol–water partition coefficient (Wildman–Crippen LogP) is 1.68. The van der Waals surface area contributed by atoms with Crippen LogP contribution in [0.5, 0.6) is 0 Å². The van der Waals surface area contributed by atoms with Crippen LogP contribution in [-0.2, 0) is 16.6 Å². The van der Waals surface area contributed by atoms with E-state index in [-0.39, 0.29) is 0 Å². The van der Waals surface area contributed by atoms with Gasteiger partial charge in [-0.1, -0.05) is 0 Å². The van der Waals surface area contributed by atoms with Crippen LogP contribution in [-0.4, -0.2) is 35.7 Å². The van der Waals surface area contributed by atoms with Crippen molar-refractivity contribution in [3.05, 3.63) is 35.5 Å². The molecule has 0 radical (unpaired) electrons. The molecular weight excluding hydrogens is 294 g/mol. The molecule has 0 aliphatic carbocycles. The number of aryl methyl sites for hydroxylation is 3. The van der Waals surface area contributed by atoms with E-state index < -0.39 is 11.8 Å². The summed E-state index contributed by atoms with van der Waals surface area (Å²) in [5.74, 6) is -0.981. The van der Waals surface area contributed by atoms with Crippen LogP contribution < -0.4 is 15.5 Å². The van der Waals surface area contributed by atoms with Gasteiger partial charge in [0.25, 0.3) is 0 Å². The van der Waals surface area contributed by atoms with Crippen molar-refractivity contribution in [2.24, 2.45) is 7.05 Å². The van der Waals surface area contributed by atoms with E-state index in [1.165, 1.54) is 4.68 Å². The summed E-state index contributed by atoms with van der Waals surface area (Å²) >= 11 is 0. The molecule has 2 rings (SSSR count). The normalized spacial score (nSPS) is 10.3. The molecule has 7 nitrogen and oxygen atoms in total. The molecular formula is C16H21N5O2. The third-order valence-corrected chi connectivity index (χ3v) is 3.39. The monoisotopic (exact) mass is 315 g/mol. The number of carbonyl (C=O) groups is 2. The van der Waals surface area contributed by atoms with Gasteiger partial charge in [0.1, 0.15) is 5.82 Å². The molecule has 0 atom stereocenters. The maximum atomic E-state index is 12.0. The minimum atomic E-state index is -0.734. The van der Waals surface area contributed by atoms with Crippen LogP contribution in [0.25, 0.3) is 0 Å². The molecule has 0 fully saturated rings. The predicted molar refractivity (Wildman–Crippen MR) is 90.7 cm³/mol. The molecule has 0 unspecified atom stereocenters. The Morgan fingerprint density at radius 3 is 2.26 bits per heavy atom. The molecule has 1 aromatic carbocycles. The summed E-state index contributed by atoms with van der Waals surface area (Å²) in [6, 6.07) is 7.19. The SMILES string of the molecule is Cc1cc(NC(=O)C(=O)Nc2ccc(N(C)C)c(C)c2)n(C)n1. The van der Waals surface area contributed by atoms with Gasteiger partial charge in [-0.05, 0) is 37.6 Å².